The van der Waals surface area contributed by atoms with Crippen molar-refractivity contribution in [1.82, 2.24) is 19.9 Å². The van der Waals surface area contributed by atoms with Gasteiger partial charge >= 0.3 is 0 Å². The molecule has 31 heavy (non-hydrogen) atoms. The molecule has 4 rings (SSSR count). The minimum absolute atomic E-state index is 0.321. The fourth-order valence-corrected chi connectivity index (χ4v) is 4.61. The SMILES string of the molecule is COc1ccc(-c2noc(CN(C)CC(c3cccs3)N3CCOCC3)n2)cc1OC. The van der Waals surface area contributed by atoms with Crippen molar-refractivity contribution in [2.75, 3.05) is 54.1 Å². The molecule has 0 saturated carbocycles. The summed E-state index contributed by atoms with van der Waals surface area (Å²) in [5.41, 5.74) is 0.820. The van der Waals surface area contributed by atoms with Gasteiger partial charge in [0.1, 0.15) is 0 Å². The average molecular weight is 445 g/mol. The van der Waals surface area contributed by atoms with E-state index in [0.29, 0.717) is 35.8 Å². The van der Waals surface area contributed by atoms with Gasteiger partial charge in [-0.2, -0.15) is 4.98 Å². The predicted octanol–water partition coefficient (Wildman–Crippen LogP) is 3.32. The Hall–Kier alpha value is -2.46. The van der Waals surface area contributed by atoms with E-state index >= 15 is 0 Å². The predicted molar refractivity (Wildman–Crippen MR) is 119 cm³/mol. The maximum atomic E-state index is 5.54. The van der Waals surface area contributed by atoms with E-state index in [1.54, 1.807) is 25.6 Å². The van der Waals surface area contributed by atoms with Crippen LogP contribution in [0.25, 0.3) is 11.4 Å². The summed E-state index contributed by atoms with van der Waals surface area (Å²) in [5, 5.41) is 6.29. The number of ether oxygens (including phenoxy) is 3. The van der Waals surface area contributed by atoms with Crippen molar-refractivity contribution in [3.8, 4) is 22.9 Å². The van der Waals surface area contributed by atoms with Crippen LogP contribution >= 0.6 is 11.3 Å². The normalized spacial score (nSPS) is 15.9. The number of benzene rings is 1. The Balaban J connectivity index is 1.44. The molecule has 0 N–H and O–H groups in total. The number of aromatic nitrogens is 2. The number of thiophene rings is 1. The third-order valence-corrected chi connectivity index (χ3v) is 6.33. The zero-order valence-corrected chi connectivity index (χ0v) is 18.9. The van der Waals surface area contributed by atoms with Crippen molar-refractivity contribution in [1.29, 1.82) is 0 Å². The van der Waals surface area contributed by atoms with E-state index in [4.69, 9.17) is 18.7 Å². The van der Waals surface area contributed by atoms with E-state index < -0.39 is 0 Å². The van der Waals surface area contributed by atoms with E-state index in [1.165, 1.54) is 4.88 Å². The van der Waals surface area contributed by atoms with Gasteiger partial charge in [-0.15, -0.1) is 11.3 Å². The lowest BCUT2D eigenvalue weighted by Crippen LogP contribution is -2.42. The van der Waals surface area contributed by atoms with Crippen molar-refractivity contribution in [2.45, 2.75) is 12.6 Å². The molecule has 1 fully saturated rings. The van der Waals surface area contributed by atoms with Crippen molar-refractivity contribution >= 4 is 11.3 Å². The highest BCUT2D eigenvalue weighted by molar-refractivity contribution is 7.10. The molecule has 1 saturated heterocycles. The maximum absolute atomic E-state index is 5.54. The van der Waals surface area contributed by atoms with Crippen LogP contribution in [0, 0.1) is 0 Å². The number of morpholine rings is 1. The van der Waals surface area contributed by atoms with Crippen LogP contribution in [0.1, 0.15) is 16.8 Å². The largest absolute Gasteiger partial charge is 0.493 e. The molecule has 1 unspecified atom stereocenters. The molecule has 3 heterocycles. The molecule has 1 atom stereocenters. The second-order valence-electron chi connectivity index (χ2n) is 7.46. The van der Waals surface area contributed by atoms with Crippen LogP contribution in [0.3, 0.4) is 0 Å². The van der Waals surface area contributed by atoms with Crippen molar-refractivity contribution in [3.63, 3.8) is 0 Å². The van der Waals surface area contributed by atoms with Crippen LogP contribution in [0.5, 0.6) is 11.5 Å². The molecule has 166 valence electrons. The van der Waals surface area contributed by atoms with E-state index in [-0.39, 0.29) is 0 Å². The van der Waals surface area contributed by atoms with Crippen LogP contribution in [0.15, 0.2) is 40.2 Å². The molecular weight excluding hydrogens is 416 g/mol. The fraction of sp³-hybridized carbons (Fsp3) is 0.455. The lowest BCUT2D eigenvalue weighted by Gasteiger charge is -2.35. The van der Waals surface area contributed by atoms with Gasteiger partial charge in [0.25, 0.3) is 0 Å². The molecule has 0 bridgehead atoms. The lowest BCUT2D eigenvalue weighted by atomic mass is 10.1. The highest BCUT2D eigenvalue weighted by atomic mass is 32.1. The highest BCUT2D eigenvalue weighted by Crippen LogP contribution is 2.31. The second-order valence-corrected chi connectivity index (χ2v) is 8.44. The summed E-state index contributed by atoms with van der Waals surface area (Å²) in [4.78, 5) is 10.7. The number of nitrogens with zero attached hydrogens (tertiary/aromatic N) is 4. The van der Waals surface area contributed by atoms with E-state index in [2.05, 4.69) is 44.5 Å². The van der Waals surface area contributed by atoms with E-state index in [9.17, 15) is 0 Å². The Bertz CT molecular complexity index is 956. The Morgan fingerprint density at radius 1 is 1.16 bits per heavy atom. The minimum Gasteiger partial charge on any atom is -0.493 e. The third-order valence-electron chi connectivity index (χ3n) is 5.36. The molecular formula is C22H28N4O4S. The van der Waals surface area contributed by atoms with E-state index in [1.807, 2.05) is 18.2 Å². The van der Waals surface area contributed by atoms with Crippen LogP contribution in [-0.2, 0) is 11.3 Å². The first-order valence-corrected chi connectivity index (χ1v) is 11.1. The van der Waals surface area contributed by atoms with Crippen LogP contribution in [0.4, 0.5) is 0 Å². The average Bonchev–Trinajstić information content (AvgIpc) is 3.50. The minimum atomic E-state index is 0.321. The number of hydrogen-bond donors (Lipinski definition) is 0. The first kappa shape index (κ1) is 21.8. The van der Waals surface area contributed by atoms with Gasteiger partial charge in [-0.1, -0.05) is 11.2 Å². The van der Waals surface area contributed by atoms with Gasteiger partial charge in [0.05, 0.1) is 40.0 Å². The van der Waals surface area contributed by atoms with Crippen molar-refractivity contribution < 1.29 is 18.7 Å². The summed E-state index contributed by atoms with van der Waals surface area (Å²) in [7, 11) is 5.30. The summed E-state index contributed by atoms with van der Waals surface area (Å²) in [6.45, 7) is 4.90. The fourth-order valence-electron chi connectivity index (χ4n) is 3.76. The molecule has 0 radical (unpaired) electrons. The van der Waals surface area contributed by atoms with Gasteiger partial charge in [0, 0.05) is 30.1 Å². The van der Waals surface area contributed by atoms with Crippen molar-refractivity contribution in [3.05, 3.63) is 46.5 Å². The molecule has 3 aromatic rings. The molecule has 9 heteroatoms. The molecule has 1 aliphatic rings. The summed E-state index contributed by atoms with van der Waals surface area (Å²) in [6.07, 6.45) is 0. The number of methoxy groups -OCH3 is 2. The zero-order valence-electron chi connectivity index (χ0n) is 18.1. The van der Waals surface area contributed by atoms with E-state index in [0.717, 1.165) is 38.4 Å². The summed E-state index contributed by atoms with van der Waals surface area (Å²) >= 11 is 1.80. The Labute approximate surface area is 186 Å². The quantitative estimate of drug-likeness (QED) is 0.498. The molecule has 0 spiro atoms. The smallest absolute Gasteiger partial charge is 0.241 e. The van der Waals surface area contributed by atoms with Gasteiger partial charge in [0.15, 0.2) is 11.5 Å². The number of hydrogen-bond acceptors (Lipinski definition) is 9. The lowest BCUT2D eigenvalue weighted by molar-refractivity contribution is 0.00908. The number of rotatable bonds is 9. The zero-order chi connectivity index (χ0) is 21.6. The molecule has 1 aromatic carbocycles. The molecule has 2 aromatic heterocycles. The highest BCUT2D eigenvalue weighted by Gasteiger charge is 2.25. The Kier molecular flexibility index (Phi) is 7.18. The maximum Gasteiger partial charge on any atom is 0.241 e. The first-order valence-electron chi connectivity index (χ1n) is 10.3. The molecule has 0 aliphatic carbocycles. The molecule has 8 nitrogen and oxygen atoms in total. The molecule has 1 aliphatic heterocycles. The monoisotopic (exact) mass is 444 g/mol. The Morgan fingerprint density at radius 2 is 1.97 bits per heavy atom. The van der Waals surface area contributed by atoms with Gasteiger partial charge in [0.2, 0.25) is 11.7 Å². The topological polar surface area (TPSA) is 73.1 Å². The van der Waals surface area contributed by atoms with Crippen LogP contribution < -0.4 is 9.47 Å². The standard InChI is InChI=1S/C22H28N4O4S/c1-25(14-17(20-5-4-12-31-20)26-8-10-29-11-9-26)15-21-23-22(24-30-21)16-6-7-18(27-2)19(13-16)28-3/h4-7,12-13,17H,8-11,14-15H2,1-3H3. The second kappa shape index (κ2) is 10.2. The summed E-state index contributed by atoms with van der Waals surface area (Å²) < 4.78 is 21.7. The first-order chi connectivity index (χ1) is 15.2. The van der Waals surface area contributed by atoms with Gasteiger partial charge in [-0.3, -0.25) is 9.80 Å². The van der Waals surface area contributed by atoms with Crippen molar-refractivity contribution in [2.24, 2.45) is 0 Å². The van der Waals surface area contributed by atoms with Crippen LogP contribution in [-0.4, -0.2) is 74.1 Å². The number of likely N-dealkylation sites (N-methyl/N-ethyl adjacent to an activating group) is 1. The summed E-state index contributed by atoms with van der Waals surface area (Å²) in [5.74, 6) is 2.41. The van der Waals surface area contributed by atoms with Crippen LogP contribution in [0.2, 0.25) is 0 Å². The van der Waals surface area contributed by atoms with Gasteiger partial charge in [-0.25, -0.2) is 0 Å². The summed E-state index contributed by atoms with van der Waals surface area (Å²) in [6, 6.07) is 10.2. The third kappa shape index (κ3) is 5.24. The Morgan fingerprint density at radius 3 is 2.68 bits per heavy atom. The van der Waals surface area contributed by atoms with Gasteiger partial charge in [-0.05, 0) is 36.7 Å². The van der Waals surface area contributed by atoms with Gasteiger partial charge < -0.3 is 18.7 Å². The molecule has 0 amide bonds.